The Kier molecular flexibility index (Phi) is 3.73. The molecule has 0 saturated heterocycles. The molecular formula is C11H9BrO2. The molecule has 0 heterocycles. The summed E-state index contributed by atoms with van der Waals surface area (Å²) in [6, 6.07) is 7.04. The molecule has 14 heavy (non-hydrogen) atoms. The Morgan fingerprint density at radius 1 is 1.57 bits per heavy atom. The predicted molar refractivity (Wildman–Crippen MR) is 57.9 cm³/mol. The summed E-state index contributed by atoms with van der Waals surface area (Å²) in [5.41, 5.74) is 0.481. The number of halogens is 1. The largest absolute Gasteiger partial charge is 0.446 e. The Labute approximate surface area is 91.4 Å². The number of hydrogen-bond acceptors (Lipinski definition) is 2. The van der Waals surface area contributed by atoms with Gasteiger partial charge in [-0.1, -0.05) is 18.1 Å². The zero-order valence-electron chi connectivity index (χ0n) is 7.66. The number of carbonyl (C=O) groups is 1. The van der Waals surface area contributed by atoms with E-state index in [0.29, 0.717) is 10.0 Å². The molecule has 1 rings (SSSR count). The van der Waals surface area contributed by atoms with E-state index in [9.17, 15) is 4.79 Å². The molecule has 1 atom stereocenters. The van der Waals surface area contributed by atoms with Crippen LogP contribution in [0.25, 0.3) is 0 Å². The fraction of sp³-hybridized carbons (Fsp3) is 0.182. The number of terminal acetylenes is 1. The summed E-state index contributed by atoms with van der Waals surface area (Å²) >= 11 is 3.26. The van der Waals surface area contributed by atoms with Crippen molar-refractivity contribution in [1.29, 1.82) is 0 Å². The minimum Gasteiger partial charge on any atom is -0.446 e. The number of benzene rings is 1. The minimum atomic E-state index is -0.505. The second-order valence-electron chi connectivity index (χ2n) is 2.69. The molecule has 0 amide bonds. The molecule has 0 spiro atoms. The summed E-state index contributed by atoms with van der Waals surface area (Å²) in [5.74, 6) is 1.91. The van der Waals surface area contributed by atoms with E-state index in [-0.39, 0.29) is 0 Å². The number of esters is 1. The molecule has 0 aliphatic carbocycles. The Balaban J connectivity index is 2.81. The Morgan fingerprint density at radius 2 is 2.21 bits per heavy atom. The van der Waals surface area contributed by atoms with Crippen LogP contribution in [0.3, 0.4) is 0 Å². The second kappa shape index (κ2) is 4.83. The maximum absolute atomic E-state index is 11.5. The van der Waals surface area contributed by atoms with E-state index in [4.69, 9.17) is 11.2 Å². The van der Waals surface area contributed by atoms with Gasteiger partial charge in [0.15, 0.2) is 6.10 Å². The molecule has 0 saturated carbocycles. The molecule has 0 bridgehead atoms. The van der Waals surface area contributed by atoms with Gasteiger partial charge in [0.05, 0.1) is 5.56 Å². The van der Waals surface area contributed by atoms with Crippen molar-refractivity contribution in [2.45, 2.75) is 13.0 Å². The van der Waals surface area contributed by atoms with Crippen LogP contribution in [-0.4, -0.2) is 12.1 Å². The Bertz CT molecular complexity index is 379. The van der Waals surface area contributed by atoms with E-state index in [0.717, 1.165) is 0 Å². The standard InChI is InChI=1S/C11H9BrO2/c1-3-8(2)14-11(13)9-6-4-5-7-10(9)12/h1,4-8H,2H3. The lowest BCUT2D eigenvalue weighted by molar-refractivity contribution is 0.0438. The molecule has 1 unspecified atom stereocenters. The highest BCUT2D eigenvalue weighted by atomic mass is 79.9. The van der Waals surface area contributed by atoms with Crippen molar-refractivity contribution in [2.24, 2.45) is 0 Å². The average molecular weight is 253 g/mol. The van der Waals surface area contributed by atoms with Gasteiger partial charge in [-0.25, -0.2) is 4.79 Å². The number of hydrogen-bond donors (Lipinski definition) is 0. The van der Waals surface area contributed by atoms with Crippen LogP contribution in [0.15, 0.2) is 28.7 Å². The lowest BCUT2D eigenvalue weighted by atomic mass is 10.2. The lowest BCUT2D eigenvalue weighted by Gasteiger charge is -2.07. The highest BCUT2D eigenvalue weighted by Crippen LogP contribution is 2.17. The number of carbonyl (C=O) groups excluding carboxylic acids is 1. The first-order valence-electron chi connectivity index (χ1n) is 4.06. The minimum absolute atomic E-state index is 0.414. The topological polar surface area (TPSA) is 26.3 Å². The number of ether oxygens (including phenoxy) is 1. The van der Waals surface area contributed by atoms with Crippen molar-refractivity contribution in [1.82, 2.24) is 0 Å². The van der Waals surface area contributed by atoms with Crippen LogP contribution in [0.4, 0.5) is 0 Å². The SMILES string of the molecule is C#CC(C)OC(=O)c1ccccc1Br. The normalized spacial score (nSPS) is 11.5. The molecule has 0 fully saturated rings. The smallest absolute Gasteiger partial charge is 0.340 e. The van der Waals surface area contributed by atoms with E-state index in [2.05, 4.69) is 21.9 Å². The van der Waals surface area contributed by atoms with E-state index < -0.39 is 12.1 Å². The average Bonchev–Trinajstić information content (AvgIpc) is 2.18. The summed E-state index contributed by atoms with van der Waals surface area (Å²) in [4.78, 5) is 11.5. The summed E-state index contributed by atoms with van der Waals surface area (Å²) in [6.45, 7) is 1.65. The molecule has 1 aromatic rings. The first kappa shape index (κ1) is 10.8. The third kappa shape index (κ3) is 2.61. The van der Waals surface area contributed by atoms with Crippen LogP contribution >= 0.6 is 15.9 Å². The first-order chi connectivity index (χ1) is 6.65. The third-order valence-corrected chi connectivity index (χ3v) is 2.30. The van der Waals surface area contributed by atoms with E-state index >= 15 is 0 Å². The van der Waals surface area contributed by atoms with Crippen LogP contribution < -0.4 is 0 Å². The van der Waals surface area contributed by atoms with Gasteiger partial charge in [0, 0.05) is 4.47 Å². The van der Waals surface area contributed by atoms with Crippen LogP contribution in [-0.2, 0) is 4.74 Å². The van der Waals surface area contributed by atoms with Gasteiger partial charge >= 0.3 is 5.97 Å². The predicted octanol–water partition coefficient (Wildman–Crippen LogP) is 2.63. The van der Waals surface area contributed by atoms with Crippen molar-refractivity contribution in [2.75, 3.05) is 0 Å². The maximum atomic E-state index is 11.5. The quantitative estimate of drug-likeness (QED) is 0.598. The van der Waals surface area contributed by atoms with Crippen molar-refractivity contribution < 1.29 is 9.53 Å². The molecule has 0 aliphatic heterocycles. The van der Waals surface area contributed by atoms with Gasteiger partial charge in [-0.2, -0.15) is 0 Å². The Hall–Kier alpha value is -1.27. The summed E-state index contributed by atoms with van der Waals surface area (Å²) < 4.78 is 5.66. The van der Waals surface area contributed by atoms with E-state index in [1.165, 1.54) is 0 Å². The van der Waals surface area contributed by atoms with Gasteiger partial charge in [-0.3, -0.25) is 0 Å². The molecule has 3 heteroatoms. The molecule has 1 aromatic carbocycles. The molecular weight excluding hydrogens is 244 g/mol. The zero-order chi connectivity index (χ0) is 10.6. The highest BCUT2D eigenvalue weighted by Gasteiger charge is 2.12. The first-order valence-corrected chi connectivity index (χ1v) is 4.86. The summed E-state index contributed by atoms with van der Waals surface area (Å²) in [7, 11) is 0. The van der Waals surface area contributed by atoms with Gasteiger partial charge in [0.1, 0.15) is 0 Å². The monoisotopic (exact) mass is 252 g/mol. The van der Waals surface area contributed by atoms with Gasteiger partial charge in [0.25, 0.3) is 0 Å². The van der Waals surface area contributed by atoms with Crippen LogP contribution in [0.5, 0.6) is 0 Å². The van der Waals surface area contributed by atoms with Crippen LogP contribution in [0, 0.1) is 12.3 Å². The van der Waals surface area contributed by atoms with Crippen molar-refractivity contribution in [3.63, 3.8) is 0 Å². The van der Waals surface area contributed by atoms with E-state index in [1.54, 1.807) is 25.1 Å². The highest BCUT2D eigenvalue weighted by molar-refractivity contribution is 9.10. The van der Waals surface area contributed by atoms with Crippen molar-refractivity contribution >= 4 is 21.9 Å². The van der Waals surface area contributed by atoms with Crippen LogP contribution in [0.1, 0.15) is 17.3 Å². The fourth-order valence-corrected chi connectivity index (χ4v) is 1.33. The van der Waals surface area contributed by atoms with Crippen LogP contribution in [0.2, 0.25) is 0 Å². The molecule has 0 aliphatic rings. The maximum Gasteiger partial charge on any atom is 0.340 e. The van der Waals surface area contributed by atoms with Crippen molar-refractivity contribution in [3.8, 4) is 12.3 Å². The van der Waals surface area contributed by atoms with Gasteiger partial charge in [-0.15, -0.1) is 6.42 Å². The molecule has 0 aromatic heterocycles. The molecule has 0 N–H and O–H groups in total. The van der Waals surface area contributed by atoms with Gasteiger partial charge in [0.2, 0.25) is 0 Å². The summed E-state index contributed by atoms with van der Waals surface area (Å²) in [6.07, 6.45) is 4.59. The zero-order valence-corrected chi connectivity index (χ0v) is 9.24. The Morgan fingerprint density at radius 3 is 2.79 bits per heavy atom. The second-order valence-corrected chi connectivity index (χ2v) is 3.55. The fourth-order valence-electron chi connectivity index (χ4n) is 0.885. The lowest BCUT2D eigenvalue weighted by Crippen LogP contribution is -2.13. The van der Waals surface area contributed by atoms with E-state index in [1.807, 2.05) is 6.07 Å². The molecule has 72 valence electrons. The number of rotatable bonds is 2. The van der Waals surface area contributed by atoms with Crippen molar-refractivity contribution in [3.05, 3.63) is 34.3 Å². The van der Waals surface area contributed by atoms with Gasteiger partial charge < -0.3 is 4.74 Å². The van der Waals surface area contributed by atoms with Gasteiger partial charge in [-0.05, 0) is 35.0 Å². The molecule has 2 nitrogen and oxygen atoms in total. The third-order valence-electron chi connectivity index (χ3n) is 1.61. The summed E-state index contributed by atoms with van der Waals surface area (Å²) in [5, 5.41) is 0. The molecule has 0 radical (unpaired) electrons.